The second-order valence-electron chi connectivity index (χ2n) is 6.37. The van der Waals surface area contributed by atoms with Crippen LogP contribution >= 0.6 is 0 Å². The van der Waals surface area contributed by atoms with E-state index in [-0.39, 0.29) is 0 Å². The van der Waals surface area contributed by atoms with Gasteiger partial charge in [0.15, 0.2) is 11.5 Å². The molecule has 0 unspecified atom stereocenters. The first-order chi connectivity index (χ1) is 14.0. The number of methoxy groups -OCH3 is 1. The standard InChI is InChI=1S/C22H28N2O5/c1-5-27-21-14-18(15-23-24-22(25)26-4)7-8-20(21)29-10-6-9-28-19-12-16(2)11-17(3)13-19/h7-8,11-15H,5-6,9-10H2,1-4H3,(H,24,25)/b23-15+. The lowest BCUT2D eigenvalue weighted by atomic mass is 10.1. The Kier molecular flexibility index (Phi) is 8.82. The Labute approximate surface area is 171 Å². The molecule has 7 nitrogen and oxygen atoms in total. The Morgan fingerprint density at radius 3 is 2.41 bits per heavy atom. The van der Waals surface area contributed by atoms with Crippen molar-refractivity contribution in [3.8, 4) is 17.2 Å². The third-order valence-corrected chi connectivity index (χ3v) is 3.83. The highest BCUT2D eigenvalue weighted by atomic mass is 16.5. The Balaban J connectivity index is 1.86. The van der Waals surface area contributed by atoms with Gasteiger partial charge in [-0.1, -0.05) is 6.07 Å². The SMILES string of the molecule is CCOc1cc(/C=N/NC(=O)OC)ccc1OCCCOc1cc(C)cc(C)c1. The van der Waals surface area contributed by atoms with Crippen LogP contribution in [-0.2, 0) is 4.74 Å². The number of hydrogen-bond donors (Lipinski definition) is 1. The first kappa shape index (κ1) is 22.1. The van der Waals surface area contributed by atoms with Gasteiger partial charge in [-0.25, -0.2) is 10.2 Å². The lowest BCUT2D eigenvalue weighted by molar-refractivity contribution is 0.171. The maximum Gasteiger partial charge on any atom is 0.427 e. The number of carbonyl (C=O) groups is 1. The second-order valence-corrected chi connectivity index (χ2v) is 6.37. The fourth-order valence-electron chi connectivity index (χ4n) is 2.64. The maximum atomic E-state index is 11.0. The van der Waals surface area contributed by atoms with Gasteiger partial charge >= 0.3 is 6.09 Å². The molecule has 0 bridgehead atoms. The quantitative estimate of drug-likeness (QED) is 0.367. The Hall–Kier alpha value is -3.22. The number of hydrazone groups is 1. The molecule has 2 rings (SSSR count). The third-order valence-electron chi connectivity index (χ3n) is 3.83. The number of nitrogens with zero attached hydrogens (tertiary/aromatic N) is 1. The summed E-state index contributed by atoms with van der Waals surface area (Å²) in [6.45, 7) is 7.59. The van der Waals surface area contributed by atoms with Crippen LogP contribution in [0.1, 0.15) is 30.0 Å². The predicted molar refractivity (Wildman–Crippen MR) is 112 cm³/mol. The van der Waals surface area contributed by atoms with Crippen LogP contribution in [-0.4, -0.2) is 39.2 Å². The van der Waals surface area contributed by atoms with Crippen molar-refractivity contribution < 1.29 is 23.7 Å². The number of rotatable bonds is 10. The van der Waals surface area contributed by atoms with Crippen molar-refractivity contribution >= 4 is 12.3 Å². The van der Waals surface area contributed by atoms with Gasteiger partial charge in [0.25, 0.3) is 0 Å². The van der Waals surface area contributed by atoms with Gasteiger partial charge in [0, 0.05) is 6.42 Å². The lowest BCUT2D eigenvalue weighted by Crippen LogP contribution is -2.16. The molecule has 0 aliphatic carbocycles. The van der Waals surface area contributed by atoms with Crippen molar-refractivity contribution in [1.29, 1.82) is 0 Å². The summed E-state index contributed by atoms with van der Waals surface area (Å²) in [5, 5.41) is 3.81. The minimum atomic E-state index is -0.630. The van der Waals surface area contributed by atoms with Gasteiger partial charge < -0.3 is 18.9 Å². The van der Waals surface area contributed by atoms with Crippen LogP contribution in [0.3, 0.4) is 0 Å². The molecular formula is C22H28N2O5. The monoisotopic (exact) mass is 400 g/mol. The molecule has 0 aliphatic rings. The van der Waals surface area contributed by atoms with E-state index < -0.39 is 6.09 Å². The largest absolute Gasteiger partial charge is 0.493 e. The summed E-state index contributed by atoms with van der Waals surface area (Å²) >= 11 is 0. The summed E-state index contributed by atoms with van der Waals surface area (Å²) in [7, 11) is 1.27. The molecule has 0 aliphatic heterocycles. The summed E-state index contributed by atoms with van der Waals surface area (Å²) in [6.07, 6.45) is 1.61. The molecule has 1 amide bonds. The van der Waals surface area contributed by atoms with Crippen molar-refractivity contribution in [1.82, 2.24) is 5.43 Å². The normalized spacial score (nSPS) is 10.6. The van der Waals surface area contributed by atoms with Crippen LogP contribution in [0.4, 0.5) is 4.79 Å². The van der Waals surface area contributed by atoms with E-state index >= 15 is 0 Å². The number of amides is 1. The van der Waals surface area contributed by atoms with Gasteiger partial charge in [-0.15, -0.1) is 0 Å². The van der Waals surface area contributed by atoms with Crippen molar-refractivity contribution in [2.45, 2.75) is 27.2 Å². The van der Waals surface area contributed by atoms with Gasteiger partial charge in [0.1, 0.15) is 5.75 Å². The van der Waals surface area contributed by atoms with E-state index in [0.29, 0.717) is 31.3 Å². The summed E-state index contributed by atoms with van der Waals surface area (Å²) in [5.41, 5.74) is 5.36. The van der Waals surface area contributed by atoms with Crippen molar-refractivity contribution in [2.24, 2.45) is 5.10 Å². The van der Waals surface area contributed by atoms with Gasteiger partial charge in [0.2, 0.25) is 0 Å². The molecule has 0 saturated heterocycles. The fourth-order valence-corrected chi connectivity index (χ4v) is 2.64. The molecule has 0 heterocycles. The van der Waals surface area contributed by atoms with Crippen LogP contribution in [0, 0.1) is 13.8 Å². The summed E-state index contributed by atoms with van der Waals surface area (Å²) in [5.74, 6) is 2.14. The Morgan fingerprint density at radius 2 is 1.72 bits per heavy atom. The Morgan fingerprint density at radius 1 is 1.00 bits per heavy atom. The average molecular weight is 400 g/mol. The molecule has 0 aromatic heterocycles. The predicted octanol–water partition coefficient (Wildman–Crippen LogP) is 4.24. The molecule has 2 aromatic carbocycles. The number of ether oxygens (including phenoxy) is 4. The van der Waals surface area contributed by atoms with Crippen molar-refractivity contribution in [2.75, 3.05) is 26.9 Å². The fraction of sp³-hybridized carbons (Fsp3) is 0.364. The molecule has 29 heavy (non-hydrogen) atoms. The first-order valence-corrected chi connectivity index (χ1v) is 9.49. The zero-order valence-electron chi connectivity index (χ0n) is 17.4. The van der Waals surface area contributed by atoms with Crippen molar-refractivity contribution in [3.05, 3.63) is 53.1 Å². The minimum absolute atomic E-state index is 0.502. The number of nitrogens with one attached hydrogen (secondary N) is 1. The topological polar surface area (TPSA) is 78.4 Å². The number of hydrogen-bond acceptors (Lipinski definition) is 6. The number of aryl methyl sites for hydroxylation is 2. The second kappa shape index (κ2) is 11.6. The van der Waals surface area contributed by atoms with Crippen LogP contribution in [0.2, 0.25) is 0 Å². The lowest BCUT2D eigenvalue weighted by Gasteiger charge is -2.13. The number of carbonyl (C=O) groups excluding carboxylic acids is 1. The van der Waals surface area contributed by atoms with E-state index in [1.165, 1.54) is 24.5 Å². The molecule has 2 aromatic rings. The van der Waals surface area contributed by atoms with Crippen LogP contribution < -0.4 is 19.6 Å². The van der Waals surface area contributed by atoms with Crippen molar-refractivity contribution in [3.63, 3.8) is 0 Å². The molecule has 156 valence electrons. The Bertz CT molecular complexity index is 816. The zero-order chi connectivity index (χ0) is 21.1. The molecular weight excluding hydrogens is 372 g/mol. The molecule has 0 spiro atoms. The highest BCUT2D eigenvalue weighted by Gasteiger charge is 2.06. The summed E-state index contributed by atoms with van der Waals surface area (Å²) < 4.78 is 21.8. The highest BCUT2D eigenvalue weighted by Crippen LogP contribution is 2.28. The zero-order valence-corrected chi connectivity index (χ0v) is 17.4. The first-order valence-electron chi connectivity index (χ1n) is 9.49. The van der Waals surface area contributed by atoms with Crippen LogP contribution in [0.5, 0.6) is 17.2 Å². The van der Waals surface area contributed by atoms with E-state index in [0.717, 1.165) is 17.7 Å². The van der Waals surface area contributed by atoms with E-state index in [4.69, 9.17) is 14.2 Å². The smallest absolute Gasteiger partial charge is 0.427 e. The molecule has 0 radical (unpaired) electrons. The maximum absolute atomic E-state index is 11.0. The molecule has 0 saturated carbocycles. The highest BCUT2D eigenvalue weighted by molar-refractivity contribution is 5.82. The molecule has 0 atom stereocenters. The van der Waals surface area contributed by atoms with Crippen LogP contribution in [0.25, 0.3) is 0 Å². The van der Waals surface area contributed by atoms with E-state index in [2.05, 4.69) is 35.2 Å². The summed E-state index contributed by atoms with van der Waals surface area (Å²) in [4.78, 5) is 11.0. The van der Waals surface area contributed by atoms with Gasteiger partial charge in [-0.05, 0) is 67.8 Å². The van der Waals surface area contributed by atoms with E-state index in [9.17, 15) is 4.79 Å². The van der Waals surface area contributed by atoms with Gasteiger partial charge in [0.05, 0.1) is 33.1 Å². The molecule has 0 fully saturated rings. The minimum Gasteiger partial charge on any atom is -0.493 e. The van der Waals surface area contributed by atoms with Gasteiger partial charge in [-0.2, -0.15) is 5.10 Å². The number of benzene rings is 2. The molecule has 1 N–H and O–H groups in total. The molecule has 7 heteroatoms. The summed E-state index contributed by atoms with van der Waals surface area (Å²) in [6, 6.07) is 11.6. The average Bonchev–Trinajstić information content (AvgIpc) is 2.68. The van der Waals surface area contributed by atoms with Gasteiger partial charge in [-0.3, -0.25) is 0 Å². The third kappa shape index (κ3) is 7.73. The van der Waals surface area contributed by atoms with E-state index in [1.54, 1.807) is 6.07 Å². The van der Waals surface area contributed by atoms with E-state index in [1.807, 2.05) is 31.2 Å². The van der Waals surface area contributed by atoms with Crippen LogP contribution in [0.15, 0.2) is 41.5 Å².